The van der Waals surface area contributed by atoms with E-state index in [1.165, 1.54) is 12.3 Å². The molecule has 0 aliphatic rings. The Morgan fingerprint density at radius 3 is 2.75 bits per heavy atom. The molecule has 1 amide bonds. The summed E-state index contributed by atoms with van der Waals surface area (Å²) in [5.74, 6) is -0.831. The third-order valence-electron chi connectivity index (χ3n) is 2.92. The highest BCUT2D eigenvalue weighted by Gasteiger charge is 2.30. The van der Waals surface area contributed by atoms with Gasteiger partial charge in [0.15, 0.2) is 0 Å². The van der Waals surface area contributed by atoms with Crippen molar-refractivity contribution in [2.75, 3.05) is 0 Å². The number of fused-ring (bicyclic) bond motifs is 3. The van der Waals surface area contributed by atoms with E-state index in [1.807, 2.05) is 0 Å². The van der Waals surface area contributed by atoms with Crippen LogP contribution in [-0.4, -0.2) is 32.1 Å². The van der Waals surface area contributed by atoms with E-state index in [-0.39, 0.29) is 11.2 Å². The summed E-state index contributed by atoms with van der Waals surface area (Å²) in [6, 6.07) is 3.07. The molecule has 0 radical (unpaired) electrons. The summed E-state index contributed by atoms with van der Waals surface area (Å²) in [4.78, 5) is 11.3. The van der Waals surface area contributed by atoms with Crippen molar-refractivity contribution in [3.8, 4) is 0 Å². The SMILES string of the molecule is NC(=O)c1[nH]n(CC(F)(F)F)c2c1ccc1nncc12. The Bertz CT molecular complexity index is 817. The molecule has 0 atom stereocenters. The van der Waals surface area contributed by atoms with Crippen molar-refractivity contribution >= 4 is 27.7 Å². The molecule has 2 heterocycles. The van der Waals surface area contributed by atoms with E-state index in [9.17, 15) is 18.0 Å². The molecule has 2 aromatic heterocycles. The first-order chi connectivity index (χ1) is 9.37. The summed E-state index contributed by atoms with van der Waals surface area (Å²) in [7, 11) is 0. The van der Waals surface area contributed by atoms with Crippen LogP contribution < -0.4 is 5.73 Å². The number of nitrogens with two attached hydrogens (primary N) is 1. The lowest BCUT2D eigenvalue weighted by molar-refractivity contribution is -0.141. The first kappa shape index (κ1) is 12.5. The second-order valence-corrected chi connectivity index (χ2v) is 4.29. The van der Waals surface area contributed by atoms with Crippen LogP contribution in [0.15, 0.2) is 18.3 Å². The molecule has 0 spiro atoms. The van der Waals surface area contributed by atoms with Gasteiger partial charge in [0.05, 0.1) is 17.2 Å². The topological polar surface area (TPSA) is 89.6 Å². The van der Waals surface area contributed by atoms with Crippen molar-refractivity contribution in [3.05, 3.63) is 24.0 Å². The maximum atomic E-state index is 12.6. The van der Waals surface area contributed by atoms with E-state index >= 15 is 0 Å². The Labute approximate surface area is 109 Å². The third-order valence-corrected chi connectivity index (χ3v) is 2.92. The van der Waals surface area contributed by atoms with Crippen molar-refractivity contribution in [3.63, 3.8) is 0 Å². The minimum Gasteiger partial charge on any atom is -0.364 e. The number of H-pyrrole nitrogens is 1. The number of amides is 1. The molecule has 0 unspecified atom stereocenters. The number of rotatable bonds is 2. The molecule has 0 saturated carbocycles. The predicted octanol–water partition coefficient (Wildman–Crippen LogP) is 1.57. The Hall–Kier alpha value is -2.58. The van der Waals surface area contributed by atoms with Gasteiger partial charge in [-0.15, -0.1) is 0 Å². The number of hydrogen-bond donors (Lipinski definition) is 2. The minimum absolute atomic E-state index is 0.0765. The lowest BCUT2D eigenvalue weighted by Gasteiger charge is -2.08. The zero-order valence-corrected chi connectivity index (χ0v) is 9.90. The van der Waals surface area contributed by atoms with Crippen molar-refractivity contribution in [2.24, 2.45) is 5.73 Å². The minimum atomic E-state index is -4.44. The maximum absolute atomic E-state index is 12.6. The van der Waals surface area contributed by atoms with Crippen LogP contribution in [0.3, 0.4) is 0 Å². The Kier molecular flexibility index (Phi) is 2.46. The second-order valence-electron chi connectivity index (χ2n) is 4.29. The van der Waals surface area contributed by atoms with Gasteiger partial charge in [0.25, 0.3) is 5.91 Å². The number of primary amides is 1. The molecule has 1 aromatic carbocycles. The fourth-order valence-corrected chi connectivity index (χ4v) is 2.19. The van der Waals surface area contributed by atoms with E-state index in [2.05, 4.69) is 15.3 Å². The van der Waals surface area contributed by atoms with Gasteiger partial charge < -0.3 is 5.73 Å². The Morgan fingerprint density at radius 2 is 2.10 bits per heavy atom. The maximum Gasteiger partial charge on any atom is 0.407 e. The highest BCUT2D eigenvalue weighted by atomic mass is 19.4. The number of benzene rings is 1. The van der Waals surface area contributed by atoms with Crippen molar-refractivity contribution in [2.45, 2.75) is 12.7 Å². The second kappa shape index (κ2) is 3.95. The van der Waals surface area contributed by atoms with Crippen molar-refractivity contribution in [1.29, 1.82) is 0 Å². The summed E-state index contributed by atoms with van der Waals surface area (Å²) in [6.45, 7) is -1.26. The van der Waals surface area contributed by atoms with Crippen LogP contribution in [-0.2, 0) is 6.54 Å². The lowest BCUT2D eigenvalue weighted by Crippen LogP contribution is -2.19. The average Bonchev–Trinajstić information content (AvgIpc) is 2.90. The quantitative estimate of drug-likeness (QED) is 0.748. The number of carbonyl (C=O) groups is 1. The average molecular weight is 283 g/mol. The summed E-state index contributed by atoms with van der Waals surface area (Å²) in [5, 5.41) is 10.6. The molecule has 0 fully saturated rings. The van der Waals surface area contributed by atoms with E-state index < -0.39 is 18.6 Å². The number of alkyl halides is 3. The van der Waals surface area contributed by atoms with Crippen molar-refractivity contribution < 1.29 is 18.0 Å². The fraction of sp³-hybridized carbons (Fsp3) is 0.182. The number of nitrogens with zero attached hydrogens (tertiary/aromatic N) is 3. The first-order valence-electron chi connectivity index (χ1n) is 5.56. The third kappa shape index (κ3) is 1.87. The normalized spacial score (nSPS) is 12.3. The van der Waals surface area contributed by atoms with Crippen molar-refractivity contribution in [1.82, 2.24) is 20.0 Å². The highest BCUT2D eigenvalue weighted by molar-refractivity contribution is 6.12. The molecule has 0 aliphatic carbocycles. The number of nitrogens with one attached hydrogen (secondary N) is 1. The van der Waals surface area contributed by atoms with E-state index in [0.29, 0.717) is 16.3 Å². The van der Waals surface area contributed by atoms with E-state index in [0.717, 1.165) is 4.68 Å². The number of hydrogen-bond acceptors (Lipinski definition) is 3. The van der Waals surface area contributed by atoms with Crippen LogP contribution in [0.25, 0.3) is 21.8 Å². The smallest absolute Gasteiger partial charge is 0.364 e. The molecular formula is C11H8F3N5O. The van der Waals surface area contributed by atoms with Crippen LogP contribution in [0.5, 0.6) is 0 Å². The largest absolute Gasteiger partial charge is 0.407 e. The summed E-state index contributed by atoms with van der Waals surface area (Å²) >= 11 is 0. The van der Waals surface area contributed by atoms with E-state index in [1.54, 1.807) is 6.07 Å². The van der Waals surface area contributed by atoms with Crippen LogP contribution in [0.1, 0.15) is 10.5 Å². The molecule has 104 valence electrons. The molecule has 3 aromatic rings. The van der Waals surface area contributed by atoms with E-state index in [4.69, 9.17) is 5.73 Å². The van der Waals surface area contributed by atoms with Crippen LogP contribution in [0.2, 0.25) is 0 Å². The lowest BCUT2D eigenvalue weighted by atomic mass is 10.1. The van der Waals surface area contributed by atoms with Gasteiger partial charge in [-0.3, -0.25) is 14.6 Å². The molecule has 3 rings (SSSR count). The molecule has 20 heavy (non-hydrogen) atoms. The fourth-order valence-electron chi connectivity index (χ4n) is 2.19. The summed E-state index contributed by atoms with van der Waals surface area (Å²) in [5.41, 5.74) is 5.76. The van der Waals surface area contributed by atoms with Gasteiger partial charge in [-0.25, -0.2) is 0 Å². The van der Waals surface area contributed by atoms with Crippen LogP contribution in [0, 0.1) is 0 Å². The van der Waals surface area contributed by atoms with Crippen LogP contribution >= 0.6 is 0 Å². The number of carbonyl (C=O) groups excluding carboxylic acids is 1. The van der Waals surface area contributed by atoms with Crippen LogP contribution in [0.4, 0.5) is 13.2 Å². The monoisotopic (exact) mass is 283 g/mol. The molecule has 9 heteroatoms. The summed E-state index contributed by atoms with van der Waals surface area (Å²) < 4.78 is 38.7. The molecule has 0 saturated heterocycles. The highest BCUT2D eigenvalue weighted by Crippen LogP contribution is 2.28. The first-order valence-corrected chi connectivity index (χ1v) is 5.56. The van der Waals surface area contributed by atoms with Gasteiger partial charge in [0.1, 0.15) is 12.2 Å². The van der Waals surface area contributed by atoms with Gasteiger partial charge in [-0.05, 0) is 12.1 Å². The van der Waals surface area contributed by atoms with Gasteiger partial charge in [0, 0.05) is 10.8 Å². The number of aromatic nitrogens is 4. The van der Waals surface area contributed by atoms with Gasteiger partial charge in [-0.2, -0.15) is 23.4 Å². The van der Waals surface area contributed by atoms with Gasteiger partial charge in [-0.1, -0.05) is 0 Å². The Morgan fingerprint density at radius 1 is 1.35 bits per heavy atom. The predicted molar refractivity (Wildman–Crippen MR) is 64.0 cm³/mol. The molecule has 3 N–H and O–H groups in total. The number of aromatic amines is 1. The molecular weight excluding hydrogens is 275 g/mol. The zero-order valence-electron chi connectivity index (χ0n) is 9.90. The molecule has 0 aliphatic heterocycles. The molecule has 0 bridgehead atoms. The summed E-state index contributed by atoms with van der Waals surface area (Å²) in [6.07, 6.45) is -3.09. The Balaban J connectivity index is 2.37. The zero-order chi connectivity index (χ0) is 14.5. The van der Waals surface area contributed by atoms with Gasteiger partial charge >= 0.3 is 6.18 Å². The number of halogens is 3. The molecule has 6 nitrogen and oxygen atoms in total. The van der Waals surface area contributed by atoms with Gasteiger partial charge in [0.2, 0.25) is 0 Å². The standard InChI is InChI=1S/C11H8F3N5O/c12-11(13,14)4-19-9-5(8(18-19)10(15)20)1-2-7-6(9)3-16-17-7/h1-3,18H,4H2,(H2,15,20).